The third kappa shape index (κ3) is 3.29. The van der Waals surface area contributed by atoms with E-state index in [0.29, 0.717) is 28.5 Å². The lowest BCUT2D eigenvalue weighted by Crippen LogP contribution is -2.42. The zero-order chi connectivity index (χ0) is 15.6. The van der Waals surface area contributed by atoms with Crippen molar-refractivity contribution in [3.8, 4) is 11.3 Å². The highest BCUT2D eigenvalue weighted by Crippen LogP contribution is 2.27. The number of aliphatic hydroxyl groups is 1. The highest BCUT2D eigenvalue weighted by atomic mass is 35.5. The van der Waals surface area contributed by atoms with E-state index in [2.05, 4.69) is 10.5 Å². The fourth-order valence-electron chi connectivity index (χ4n) is 2.29. The number of benzene rings is 1. The Labute approximate surface area is 137 Å². The molecular weight excluding hydrogens is 324 g/mol. The number of halogens is 1. The summed E-state index contributed by atoms with van der Waals surface area (Å²) in [5.41, 5.74) is 0.731. The summed E-state index contributed by atoms with van der Waals surface area (Å²) in [7, 11) is 0. The van der Waals surface area contributed by atoms with Gasteiger partial charge >= 0.3 is 0 Å². The number of hydrogen-bond donors (Lipinski definition) is 2. The second-order valence-electron chi connectivity index (χ2n) is 5.29. The summed E-state index contributed by atoms with van der Waals surface area (Å²) >= 11 is 7.55. The minimum atomic E-state index is -0.822. The van der Waals surface area contributed by atoms with Crippen LogP contribution >= 0.6 is 23.4 Å². The Morgan fingerprint density at radius 3 is 2.91 bits per heavy atom. The van der Waals surface area contributed by atoms with Crippen LogP contribution in [-0.4, -0.2) is 39.8 Å². The Morgan fingerprint density at radius 1 is 1.45 bits per heavy atom. The molecule has 2 aromatic rings. The first-order valence-electron chi connectivity index (χ1n) is 6.86. The first kappa shape index (κ1) is 15.4. The lowest BCUT2D eigenvalue weighted by molar-refractivity contribution is 0.0612. The maximum Gasteiger partial charge on any atom is 0.256 e. The Morgan fingerprint density at radius 2 is 2.23 bits per heavy atom. The zero-order valence-corrected chi connectivity index (χ0v) is 13.3. The van der Waals surface area contributed by atoms with Crippen LogP contribution in [-0.2, 0) is 0 Å². The second kappa shape index (κ2) is 6.32. The van der Waals surface area contributed by atoms with Crippen LogP contribution in [0.3, 0.4) is 0 Å². The molecule has 7 heteroatoms. The van der Waals surface area contributed by atoms with Gasteiger partial charge < -0.3 is 14.9 Å². The Balaban J connectivity index is 1.73. The van der Waals surface area contributed by atoms with Crippen molar-refractivity contribution in [3.63, 3.8) is 0 Å². The molecule has 1 aromatic carbocycles. The molecule has 3 rings (SSSR count). The Hall–Kier alpha value is -1.50. The summed E-state index contributed by atoms with van der Waals surface area (Å²) in [5.74, 6) is 1.24. The van der Waals surface area contributed by atoms with Gasteiger partial charge in [0.1, 0.15) is 17.5 Å². The topological polar surface area (TPSA) is 75.4 Å². The molecule has 1 aliphatic rings. The minimum absolute atomic E-state index is 0.226. The van der Waals surface area contributed by atoms with Crippen LogP contribution in [0.15, 0.2) is 35.1 Å². The summed E-state index contributed by atoms with van der Waals surface area (Å²) in [6.45, 7) is 0.226. The molecule has 1 unspecified atom stereocenters. The predicted molar refractivity (Wildman–Crippen MR) is 86.2 cm³/mol. The fourth-order valence-corrected chi connectivity index (χ4v) is 3.71. The van der Waals surface area contributed by atoms with Crippen molar-refractivity contribution in [3.05, 3.63) is 41.1 Å². The van der Waals surface area contributed by atoms with Gasteiger partial charge in [-0.05, 0) is 24.3 Å². The number of hydrogen-bond acceptors (Lipinski definition) is 5. The monoisotopic (exact) mass is 338 g/mol. The molecule has 1 saturated heterocycles. The molecule has 1 amide bonds. The molecule has 2 heterocycles. The number of carbonyl (C=O) groups is 1. The van der Waals surface area contributed by atoms with Gasteiger partial charge in [-0.25, -0.2) is 0 Å². The molecule has 0 aliphatic carbocycles. The average Bonchev–Trinajstić information content (AvgIpc) is 3.15. The molecular formula is C15H15ClN2O3S. The molecule has 1 aromatic heterocycles. The van der Waals surface area contributed by atoms with Crippen molar-refractivity contribution in [2.75, 3.05) is 18.1 Å². The number of thioether (sulfide) groups is 1. The van der Waals surface area contributed by atoms with Crippen molar-refractivity contribution >= 4 is 29.3 Å². The van der Waals surface area contributed by atoms with Gasteiger partial charge in [-0.2, -0.15) is 11.8 Å². The van der Waals surface area contributed by atoms with Gasteiger partial charge in [0.15, 0.2) is 0 Å². The van der Waals surface area contributed by atoms with Crippen molar-refractivity contribution in [2.24, 2.45) is 0 Å². The third-order valence-corrected chi connectivity index (χ3v) is 5.08. The SMILES string of the molecule is O=C(NCC1(O)CCSC1)c1conc1-c1ccc(Cl)cc1. The standard InChI is InChI=1S/C15H15ClN2O3S/c16-11-3-1-10(2-4-11)13-12(7-21-18-13)14(19)17-8-15(20)5-6-22-9-15/h1-4,7,20H,5-6,8-9H2,(H,17,19). The van der Waals surface area contributed by atoms with Gasteiger partial charge in [0.25, 0.3) is 5.91 Å². The summed E-state index contributed by atoms with van der Waals surface area (Å²) in [6.07, 6.45) is 2.00. The van der Waals surface area contributed by atoms with Gasteiger partial charge in [-0.15, -0.1) is 0 Å². The van der Waals surface area contributed by atoms with Crippen molar-refractivity contribution in [1.29, 1.82) is 0 Å². The van der Waals surface area contributed by atoms with E-state index in [9.17, 15) is 9.90 Å². The molecule has 0 radical (unpaired) electrons. The lowest BCUT2D eigenvalue weighted by atomic mass is 10.0. The molecule has 0 saturated carbocycles. The van der Waals surface area contributed by atoms with Crippen molar-refractivity contribution in [1.82, 2.24) is 10.5 Å². The van der Waals surface area contributed by atoms with Crippen molar-refractivity contribution < 1.29 is 14.4 Å². The normalized spacial score (nSPS) is 21.0. The first-order valence-corrected chi connectivity index (χ1v) is 8.39. The molecule has 1 fully saturated rings. The number of nitrogens with one attached hydrogen (secondary N) is 1. The molecule has 0 bridgehead atoms. The molecule has 116 valence electrons. The van der Waals surface area contributed by atoms with E-state index in [1.54, 1.807) is 36.0 Å². The van der Waals surface area contributed by atoms with Crippen LogP contribution in [0, 0.1) is 0 Å². The molecule has 2 N–H and O–H groups in total. The van der Waals surface area contributed by atoms with Crippen molar-refractivity contribution in [2.45, 2.75) is 12.0 Å². The van der Waals surface area contributed by atoms with E-state index >= 15 is 0 Å². The minimum Gasteiger partial charge on any atom is -0.387 e. The number of rotatable bonds is 4. The smallest absolute Gasteiger partial charge is 0.256 e. The van der Waals surface area contributed by atoms with Gasteiger partial charge in [0.2, 0.25) is 0 Å². The van der Waals surface area contributed by atoms with Crippen LogP contribution in [0.5, 0.6) is 0 Å². The van der Waals surface area contributed by atoms with Crippen LogP contribution < -0.4 is 5.32 Å². The first-order chi connectivity index (χ1) is 10.6. The van der Waals surface area contributed by atoms with E-state index in [-0.39, 0.29) is 12.5 Å². The number of aromatic nitrogens is 1. The van der Waals surface area contributed by atoms with E-state index in [1.165, 1.54) is 6.26 Å². The van der Waals surface area contributed by atoms with Gasteiger partial charge in [0, 0.05) is 22.9 Å². The maximum absolute atomic E-state index is 12.3. The number of amides is 1. The lowest BCUT2D eigenvalue weighted by Gasteiger charge is -2.21. The summed E-state index contributed by atoms with van der Waals surface area (Å²) in [4.78, 5) is 12.3. The fraction of sp³-hybridized carbons (Fsp3) is 0.333. The molecule has 5 nitrogen and oxygen atoms in total. The summed E-state index contributed by atoms with van der Waals surface area (Å²) < 4.78 is 4.94. The second-order valence-corrected chi connectivity index (χ2v) is 6.83. The van der Waals surface area contributed by atoms with Crippen LogP contribution in [0.1, 0.15) is 16.8 Å². The zero-order valence-electron chi connectivity index (χ0n) is 11.7. The average molecular weight is 339 g/mol. The van der Waals surface area contributed by atoms with E-state index in [4.69, 9.17) is 16.1 Å². The van der Waals surface area contributed by atoms with E-state index in [1.807, 2.05) is 0 Å². The Bertz CT molecular complexity index is 666. The van der Waals surface area contributed by atoms with Gasteiger partial charge in [-0.3, -0.25) is 4.79 Å². The maximum atomic E-state index is 12.3. The predicted octanol–water partition coefficient (Wildman–Crippen LogP) is 2.59. The van der Waals surface area contributed by atoms with Gasteiger partial charge in [-0.1, -0.05) is 28.9 Å². The summed E-state index contributed by atoms with van der Waals surface area (Å²) in [5, 5.41) is 17.5. The molecule has 22 heavy (non-hydrogen) atoms. The van der Waals surface area contributed by atoms with Gasteiger partial charge in [0.05, 0.1) is 5.60 Å². The number of carbonyl (C=O) groups excluding carboxylic acids is 1. The highest BCUT2D eigenvalue weighted by molar-refractivity contribution is 7.99. The molecule has 0 spiro atoms. The Kier molecular flexibility index (Phi) is 4.42. The molecule has 1 atom stereocenters. The largest absolute Gasteiger partial charge is 0.387 e. The third-order valence-electron chi connectivity index (χ3n) is 3.59. The van der Waals surface area contributed by atoms with E-state index < -0.39 is 5.60 Å². The quantitative estimate of drug-likeness (QED) is 0.896. The van der Waals surface area contributed by atoms with Crippen LogP contribution in [0.4, 0.5) is 0 Å². The summed E-state index contributed by atoms with van der Waals surface area (Å²) in [6, 6.07) is 7.01. The van der Waals surface area contributed by atoms with E-state index in [0.717, 1.165) is 11.3 Å². The number of nitrogens with zero attached hydrogens (tertiary/aromatic N) is 1. The highest BCUT2D eigenvalue weighted by Gasteiger charge is 2.32. The molecule has 1 aliphatic heterocycles. The van der Waals surface area contributed by atoms with Crippen LogP contribution in [0.2, 0.25) is 5.02 Å². The van der Waals surface area contributed by atoms with Crippen LogP contribution in [0.25, 0.3) is 11.3 Å².